The average Bonchev–Trinajstić information content (AvgIpc) is 3.16. The highest BCUT2D eigenvalue weighted by Crippen LogP contribution is 2.22. The third-order valence-corrected chi connectivity index (χ3v) is 4.30. The van der Waals surface area contributed by atoms with Gasteiger partial charge in [0.15, 0.2) is 0 Å². The Morgan fingerprint density at radius 1 is 1.20 bits per heavy atom. The first-order valence-corrected chi connectivity index (χ1v) is 8.33. The van der Waals surface area contributed by atoms with Crippen LogP contribution in [0.4, 0.5) is 10.6 Å². The molecule has 0 N–H and O–H groups in total. The van der Waals surface area contributed by atoms with Crippen molar-refractivity contribution < 1.29 is 14.3 Å². The summed E-state index contributed by atoms with van der Waals surface area (Å²) in [5.41, 5.74) is 0.920. The van der Waals surface area contributed by atoms with E-state index < -0.39 is 12.1 Å². The number of pyridine rings is 1. The van der Waals surface area contributed by atoms with Gasteiger partial charge in [-0.15, -0.1) is 0 Å². The van der Waals surface area contributed by atoms with Gasteiger partial charge in [-0.05, 0) is 30.5 Å². The van der Waals surface area contributed by atoms with Crippen molar-refractivity contribution >= 4 is 17.8 Å². The summed E-state index contributed by atoms with van der Waals surface area (Å²) in [6.07, 6.45) is 2.61. The predicted molar refractivity (Wildman–Crippen MR) is 94.0 cm³/mol. The molecule has 2 heterocycles. The van der Waals surface area contributed by atoms with Crippen molar-refractivity contribution in [2.45, 2.75) is 25.5 Å². The van der Waals surface area contributed by atoms with Gasteiger partial charge in [0.05, 0.1) is 0 Å². The zero-order valence-electron chi connectivity index (χ0n) is 14.2. The Kier molecular flexibility index (Phi) is 5.28. The van der Waals surface area contributed by atoms with Crippen molar-refractivity contribution in [1.29, 1.82) is 0 Å². The molecule has 1 aromatic heterocycles. The van der Waals surface area contributed by atoms with Gasteiger partial charge in [0.1, 0.15) is 18.5 Å². The highest BCUT2D eigenvalue weighted by Gasteiger charge is 2.37. The molecule has 130 valence electrons. The third-order valence-electron chi connectivity index (χ3n) is 4.30. The lowest BCUT2D eigenvalue weighted by molar-refractivity contribution is -0.122. The van der Waals surface area contributed by atoms with Crippen LogP contribution in [0.5, 0.6) is 0 Å². The van der Waals surface area contributed by atoms with Gasteiger partial charge in [0.25, 0.3) is 5.91 Å². The predicted octanol–water partition coefficient (Wildman–Crippen LogP) is 2.85. The normalized spacial score (nSPS) is 16.5. The molecule has 0 saturated carbocycles. The molecule has 0 aliphatic carbocycles. The number of likely N-dealkylation sites (N-methyl/N-ethyl adjacent to an activating group) is 1. The Labute approximate surface area is 147 Å². The second-order valence-corrected chi connectivity index (χ2v) is 5.98. The van der Waals surface area contributed by atoms with Crippen LogP contribution in [-0.4, -0.2) is 41.5 Å². The number of rotatable bonds is 4. The van der Waals surface area contributed by atoms with Crippen molar-refractivity contribution in [3.63, 3.8) is 0 Å². The topological polar surface area (TPSA) is 62.7 Å². The summed E-state index contributed by atoms with van der Waals surface area (Å²) in [6.45, 7) is 0.729. The fourth-order valence-electron chi connectivity index (χ4n) is 2.93. The summed E-state index contributed by atoms with van der Waals surface area (Å²) in [6, 6.07) is 14.4. The minimum absolute atomic E-state index is 0.145. The van der Waals surface area contributed by atoms with Gasteiger partial charge in [0.2, 0.25) is 0 Å². The number of ether oxygens (including phenoxy) is 1. The number of amides is 2. The van der Waals surface area contributed by atoms with Crippen molar-refractivity contribution in [3.8, 4) is 0 Å². The molecule has 1 atom stereocenters. The molecule has 1 aliphatic heterocycles. The summed E-state index contributed by atoms with van der Waals surface area (Å²) >= 11 is 0. The number of anilines is 1. The average molecular weight is 339 g/mol. The summed E-state index contributed by atoms with van der Waals surface area (Å²) in [7, 11) is 1.68. The SMILES string of the molecule is CN(C(=O)C1CCCN1C(=O)OCc1ccccc1)c1ccccn1. The maximum atomic E-state index is 12.8. The third kappa shape index (κ3) is 3.96. The largest absolute Gasteiger partial charge is 0.445 e. The van der Waals surface area contributed by atoms with Gasteiger partial charge < -0.3 is 4.74 Å². The molecule has 3 rings (SSSR count). The smallest absolute Gasteiger partial charge is 0.410 e. The van der Waals surface area contributed by atoms with E-state index in [0.717, 1.165) is 12.0 Å². The fourth-order valence-corrected chi connectivity index (χ4v) is 2.93. The standard InChI is InChI=1S/C19H21N3O3/c1-21(17-11-5-6-12-20-17)18(23)16-10-7-13-22(16)19(24)25-14-15-8-3-2-4-9-15/h2-6,8-9,11-12,16H,7,10,13-14H2,1H3. The van der Waals surface area contributed by atoms with Crippen molar-refractivity contribution in [2.75, 3.05) is 18.5 Å². The van der Waals surface area contributed by atoms with E-state index in [1.54, 1.807) is 25.4 Å². The number of carbonyl (C=O) groups excluding carboxylic acids is 2. The first kappa shape index (κ1) is 17.0. The van der Waals surface area contributed by atoms with Gasteiger partial charge in [-0.2, -0.15) is 0 Å². The lowest BCUT2D eigenvalue weighted by Crippen LogP contribution is -2.47. The summed E-state index contributed by atoms with van der Waals surface area (Å²) in [5.74, 6) is 0.421. The molecule has 6 nitrogen and oxygen atoms in total. The van der Waals surface area contributed by atoms with Gasteiger partial charge in [-0.25, -0.2) is 9.78 Å². The van der Waals surface area contributed by atoms with E-state index in [-0.39, 0.29) is 12.5 Å². The van der Waals surface area contributed by atoms with Crippen LogP contribution in [0, 0.1) is 0 Å². The molecule has 25 heavy (non-hydrogen) atoms. The zero-order chi connectivity index (χ0) is 17.6. The molecule has 2 amide bonds. The summed E-state index contributed by atoms with van der Waals surface area (Å²) in [4.78, 5) is 32.4. The molecule has 1 aromatic carbocycles. The number of nitrogens with zero attached hydrogens (tertiary/aromatic N) is 3. The molecule has 0 radical (unpaired) electrons. The Bertz CT molecular complexity index is 721. The van der Waals surface area contributed by atoms with Gasteiger partial charge in [-0.1, -0.05) is 36.4 Å². The molecular weight excluding hydrogens is 318 g/mol. The number of aromatic nitrogens is 1. The van der Waals surface area contributed by atoms with Crippen molar-refractivity contribution in [3.05, 3.63) is 60.3 Å². The molecular formula is C19H21N3O3. The van der Waals surface area contributed by atoms with Crippen molar-refractivity contribution in [2.24, 2.45) is 0 Å². The van der Waals surface area contributed by atoms with Crippen LogP contribution in [0.15, 0.2) is 54.7 Å². The molecule has 0 bridgehead atoms. The second-order valence-electron chi connectivity index (χ2n) is 5.98. The zero-order valence-corrected chi connectivity index (χ0v) is 14.2. The molecule has 1 fully saturated rings. The molecule has 1 aliphatic rings. The quantitative estimate of drug-likeness (QED) is 0.859. The fraction of sp³-hybridized carbons (Fsp3) is 0.316. The van der Waals surface area contributed by atoms with E-state index in [1.165, 1.54) is 9.80 Å². The Morgan fingerprint density at radius 3 is 2.68 bits per heavy atom. The Balaban J connectivity index is 1.63. The Hall–Kier alpha value is -2.89. The summed E-state index contributed by atoms with van der Waals surface area (Å²) < 4.78 is 5.38. The molecule has 1 saturated heterocycles. The lowest BCUT2D eigenvalue weighted by atomic mass is 10.2. The molecule has 0 spiro atoms. The minimum Gasteiger partial charge on any atom is -0.445 e. The first-order chi connectivity index (χ1) is 12.2. The van der Waals surface area contributed by atoms with Crippen molar-refractivity contribution in [1.82, 2.24) is 9.88 Å². The monoisotopic (exact) mass is 339 g/mol. The van der Waals surface area contributed by atoms with Crippen LogP contribution in [0.2, 0.25) is 0 Å². The molecule has 1 unspecified atom stereocenters. The second kappa shape index (κ2) is 7.79. The van der Waals surface area contributed by atoms with Crippen LogP contribution in [0.1, 0.15) is 18.4 Å². The van der Waals surface area contributed by atoms with Crippen LogP contribution in [0.25, 0.3) is 0 Å². The van der Waals surface area contributed by atoms with Gasteiger partial charge in [-0.3, -0.25) is 14.6 Å². The molecule has 6 heteroatoms. The van der Waals surface area contributed by atoms with Gasteiger partial charge in [0, 0.05) is 19.8 Å². The van der Waals surface area contributed by atoms with E-state index in [4.69, 9.17) is 4.74 Å². The minimum atomic E-state index is -0.504. The number of hydrogen-bond donors (Lipinski definition) is 0. The van der Waals surface area contributed by atoms with E-state index >= 15 is 0 Å². The van der Waals surface area contributed by atoms with Crippen LogP contribution >= 0.6 is 0 Å². The molecule has 2 aromatic rings. The maximum Gasteiger partial charge on any atom is 0.410 e. The highest BCUT2D eigenvalue weighted by molar-refractivity contribution is 5.97. The maximum absolute atomic E-state index is 12.8. The number of hydrogen-bond acceptors (Lipinski definition) is 4. The lowest BCUT2D eigenvalue weighted by Gasteiger charge is -2.27. The van der Waals surface area contributed by atoms with Crippen LogP contribution in [0.3, 0.4) is 0 Å². The van der Waals surface area contributed by atoms with E-state index in [0.29, 0.717) is 18.8 Å². The van der Waals surface area contributed by atoms with E-state index in [2.05, 4.69) is 4.98 Å². The van der Waals surface area contributed by atoms with Crippen LogP contribution < -0.4 is 4.90 Å². The number of likely N-dealkylation sites (tertiary alicyclic amines) is 1. The number of carbonyl (C=O) groups is 2. The highest BCUT2D eigenvalue weighted by atomic mass is 16.6. The van der Waals surface area contributed by atoms with Crippen LogP contribution in [-0.2, 0) is 16.1 Å². The van der Waals surface area contributed by atoms with Gasteiger partial charge >= 0.3 is 6.09 Å². The summed E-state index contributed by atoms with van der Waals surface area (Å²) in [5, 5.41) is 0. The first-order valence-electron chi connectivity index (χ1n) is 8.33. The Morgan fingerprint density at radius 2 is 1.96 bits per heavy atom. The van der Waals surface area contributed by atoms with E-state index in [9.17, 15) is 9.59 Å². The van der Waals surface area contributed by atoms with E-state index in [1.807, 2.05) is 36.4 Å². The number of benzene rings is 1.